The Morgan fingerprint density at radius 3 is 2.67 bits per heavy atom. The number of benzene rings is 1. The molecule has 4 heterocycles. The summed E-state index contributed by atoms with van der Waals surface area (Å²) in [5.74, 6) is 6.76. The van der Waals surface area contributed by atoms with Gasteiger partial charge in [-0.2, -0.15) is 0 Å². The van der Waals surface area contributed by atoms with Crippen LogP contribution in [0.3, 0.4) is 0 Å². The van der Waals surface area contributed by atoms with Gasteiger partial charge in [-0.15, -0.1) is 10.2 Å². The van der Waals surface area contributed by atoms with Gasteiger partial charge in [0.15, 0.2) is 28.8 Å². The topological polar surface area (TPSA) is 101 Å². The van der Waals surface area contributed by atoms with Crippen LogP contribution in [0.4, 0.5) is 17.2 Å². The summed E-state index contributed by atoms with van der Waals surface area (Å²) in [6.45, 7) is 1.51. The highest BCUT2D eigenvalue weighted by Crippen LogP contribution is 2.39. The maximum absolute atomic E-state index is 8.98. The monoisotopic (exact) mass is 554 g/mol. The lowest BCUT2D eigenvalue weighted by molar-refractivity contribution is 0.350. The number of piperazine rings is 1. The molecule has 0 saturated carbocycles. The second-order valence-corrected chi connectivity index (χ2v) is 8.57. The fraction of sp³-hybridized carbons (Fsp3) is 0.292. The van der Waals surface area contributed by atoms with Gasteiger partial charge in [-0.05, 0) is 49.1 Å². The number of aliphatic hydroxyl groups excluding tert-OH is 1. The molecule has 0 radical (unpaired) electrons. The zero-order valence-electron chi connectivity index (χ0n) is 17.9. The second-order valence-electron chi connectivity index (χ2n) is 8.13. The van der Waals surface area contributed by atoms with Crippen LogP contribution in [0.2, 0.25) is 0 Å². The van der Waals surface area contributed by atoms with Gasteiger partial charge in [0.2, 0.25) is 0 Å². The first-order chi connectivity index (χ1) is 16.2. The predicted molar refractivity (Wildman–Crippen MR) is 136 cm³/mol. The molecule has 2 aliphatic heterocycles. The molecule has 0 aliphatic carbocycles. The molecule has 0 amide bonds. The Bertz CT molecular complexity index is 1210. The minimum Gasteiger partial charge on any atom is -0.427 e. The number of aliphatic hydroxyl groups is 1. The van der Waals surface area contributed by atoms with Gasteiger partial charge in [-0.3, -0.25) is 0 Å². The Balaban J connectivity index is 1.42. The summed E-state index contributed by atoms with van der Waals surface area (Å²) in [6, 6.07) is 14.5. The van der Waals surface area contributed by atoms with Crippen LogP contribution in [0.5, 0.6) is 5.75 Å². The van der Waals surface area contributed by atoms with E-state index in [1.165, 1.54) is 0 Å². The average molecular weight is 554 g/mol. The number of halogens is 1. The number of nitrogen functional groups attached to an aromatic ring is 1. The first-order valence-corrected chi connectivity index (χ1v) is 11.7. The summed E-state index contributed by atoms with van der Waals surface area (Å²) in [5.41, 5.74) is 10.6. The van der Waals surface area contributed by atoms with Gasteiger partial charge < -0.3 is 23.7 Å². The molecule has 2 fully saturated rings. The predicted octanol–water partition coefficient (Wildman–Crippen LogP) is 3.05. The van der Waals surface area contributed by atoms with E-state index in [-0.39, 0.29) is 6.61 Å². The number of hydrogen-bond donors (Lipinski definition) is 2. The summed E-state index contributed by atoms with van der Waals surface area (Å²) in [6.07, 6.45) is 4.00. The first-order valence-electron chi connectivity index (χ1n) is 10.8. The molecule has 2 aromatic heterocycles. The van der Waals surface area contributed by atoms with Crippen molar-refractivity contribution in [2.45, 2.75) is 24.9 Å². The first kappa shape index (κ1) is 21.7. The molecule has 3 N–H and O–H groups in total. The molecule has 2 atom stereocenters. The van der Waals surface area contributed by atoms with E-state index in [2.05, 4.69) is 36.8 Å². The summed E-state index contributed by atoms with van der Waals surface area (Å²) in [7, 11) is 0. The Labute approximate surface area is 206 Å². The smallest absolute Gasteiger partial charge is 0.192 e. The van der Waals surface area contributed by atoms with Gasteiger partial charge in [0.05, 0.1) is 11.4 Å². The number of nitrogens with zero attached hydrogens (tertiary/aromatic N) is 5. The fourth-order valence-electron chi connectivity index (χ4n) is 4.82. The molecule has 3 aromatic rings. The van der Waals surface area contributed by atoms with Crippen LogP contribution >= 0.6 is 23.0 Å². The molecule has 33 heavy (non-hydrogen) atoms. The standard InChI is InChI=1S/C24H23IN6O2/c25-33-23-6-2-1-5-20(23)21-13-22(24(26)29-28-21)30-14-18-7-8-19(15-30)31(18)17-9-10-27-16(12-17)4-3-11-32/h1-2,5-6,9-10,12-13,18-19,32H,7-8,11,14-15H2,(H2,26,29). The van der Waals surface area contributed by atoms with E-state index >= 15 is 0 Å². The second kappa shape index (κ2) is 9.41. The van der Waals surface area contributed by atoms with E-state index in [9.17, 15) is 0 Å². The van der Waals surface area contributed by atoms with Crippen LogP contribution in [0.15, 0.2) is 48.7 Å². The highest BCUT2D eigenvalue weighted by molar-refractivity contribution is 14.1. The van der Waals surface area contributed by atoms with Crippen LogP contribution in [-0.2, 0) is 0 Å². The van der Waals surface area contributed by atoms with Crippen LogP contribution in [-0.4, -0.2) is 52.1 Å². The molecule has 8 nitrogen and oxygen atoms in total. The van der Waals surface area contributed by atoms with E-state index in [1.807, 2.05) is 65.5 Å². The lowest BCUT2D eigenvalue weighted by Gasteiger charge is -2.43. The van der Waals surface area contributed by atoms with E-state index in [0.717, 1.165) is 54.3 Å². The van der Waals surface area contributed by atoms with Gasteiger partial charge in [-0.1, -0.05) is 18.1 Å². The van der Waals surface area contributed by atoms with Gasteiger partial charge >= 0.3 is 0 Å². The number of pyridine rings is 1. The number of nitrogens with two attached hydrogens (primary N) is 1. The van der Waals surface area contributed by atoms with Crippen molar-refractivity contribution in [1.29, 1.82) is 0 Å². The summed E-state index contributed by atoms with van der Waals surface area (Å²) in [4.78, 5) is 9.11. The van der Waals surface area contributed by atoms with Crippen molar-refractivity contribution in [2.24, 2.45) is 0 Å². The van der Waals surface area contributed by atoms with Crippen molar-refractivity contribution in [3.63, 3.8) is 0 Å². The number of anilines is 3. The highest BCUT2D eigenvalue weighted by Gasteiger charge is 2.40. The van der Waals surface area contributed by atoms with Crippen LogP contribution in [0.25, 0.3) is 11.3 Å². The SMILES string of the molecule is Nc1nnc(-c2ccccc2OI)cc1N1CC2CCC(C1)N2c1ccnc(C#CCO)c1. The summed E-state index contributed by atoms with van der Waals surface area (Å²) < 4.78 is 5.48. The zero-order valence-corrected chi connectivity index (χ0v) is 20.0. The molecular weight excluding hydrogens is 531 g/mol. The minimum absolute atomic E-state index is 0.173. The lowest BCUT2D eigenvalue weighted by atomic mass is 10.1. The Morgan fingerprint density at radius 2 is 1.91 bits per heavy atom. The normalized spacial score (nSPS) is 19.2. The lowest BCUT2D eigenvalue weighted by Crippen LogP contribution is -2.54. The number of rotatable bonds is 4. The summed E-state index contributed by atoms with van der Waals surface area (Å²) in [5, 5.41) is 17.6. The largest absolute Gasteiger partial charge is 0.427 e. The van der Waals surface area contributed by atoms with E-state index in [4.69, 9.17) is 13.9 Å². The summed E-state index contributed by atoms with van der Waals surface area (Å²) >= 11 is 1.88. The molecule has 2 bridgehead atoms. The Kier molecular flexibility index (Phi) is 6.20. The van der Waals surface area contributed by atoms with Gasteiger partial charge in [-0.25, -0.2) is 4.98 Å². The van der Waals surface area contributed by atoms with Crippen LogP contribution < -0.4 is 18.6 Å². The van der Waals surface area contributed by atoms with E-state index in [0.29, 0.717) is 23.6 Å². The number of fused-ring (bicyclic) bond motifs is 2. The van der Waals surface area contributed by atoms with Crippen molar-refractivity contribution in [3.8, 4) is 28.8 Å². The van der Waals surface area contributed by atoms with E-state index < -0.39 is 0 Å². The van der Waals surface area contributed by atoms with Gasteiger partial charge in [0, 0.05) is 42.6 Å². The van der Waals surface area contributed by atoms with E-state index in [1.54, 1.807) is 6.20 Å². The molecule has 168 valence electrons. The molecule has 2 unspecified atom stereocenters. The molecule has 2 aliphatic rings. The highest BCUT2D eigenvalue weighted by atomic mass is 127. The molecule has 0 spiro atoms. The van der Waals surface area contributed by atoms with Crippen molar-refractivity contribution < 1.29 is 8.17 Å². The Morgan fingerprint density at radius 1 is 1.12 bits per heavy atom. The zero-order chi connectivity index (χ0) is 22.8. The van der Waals surface area contributed by atoms with Crippen molar-refractivity contribution >= 4 is 40.2 Å². The third kappa shape index (κ3) is 4.28. The van der Waals surface area contributed by atoms with Crippen molar-refractivity contribution in [2.75, 3.05) is 35.2 Å². The van der Waals surface area contributed by atoms with Crippen LogP contribution in [0, 0.1) is 11.8 Å². The molecule has 1 aromatic carbocycles. The number of hydrogen-bond acceptors (Lipinski definition) is 8. The van der Waals surface area contributed by atoms with Crippen molar-refractivity contribution in [1.82, 2.24) is 15.2 Å². The van der Waals surface area contributed by atoms with Crippen LogP contribution in [0.1, 0.15) is 18.5 Å². The quantitative estimate of drug-likeness (QED) is 0.375. The number of aromatic nitrogens is 3. The maximum Gasteiger partial charge on any atom is 0.192 e. The van der Waals surface area contributed by atoms with Gasteiger partial charge in [0.1, 0.15) is 18.1 Å². The minimum atomic E-state index is -0.173. The maximum atomic E-state index is 8.98. The Hall–Kier alpha value is -3.10. The third-order valence-electron chi connectivity index (χ3n) is 6.21. The number of para-hydroxylation sites is 1. The van der Waals surface area contributed by atoms with Crippen molar-refractivity contribution in [3.05, 3.63) is 54.4 Å². The third-order valence-corrected chi connectivity index (χ3v) is 6.68. The molecule has 9 heteroatoms. The van der Waals surface area contributed by atoms with Gasteiger partial charge in [0.25, 0.3) is 0 Å². The molecular formula is C24H23IN6O2. The fourth-order valence-corrected chi connectivity index (χ4v) is 5.21. The molecule has 2 saturated heterocycles. The molecule has 5 rings (SSSR count). The average Bonchev–Trinajstić information content (AvgIpc) is 3.12.